The van der Waals surface area contributed by atoms with Crippen molar-refractivity contribution in [3.63, 3.8) is 0 Å². The molecule has 1 aromatic rings. The maximum absolute atomic E-state index is 3.64. The minimum absolute atomic E-state index is 0.607. The maximum Gasteiger partial charge on any atom is 0.0361 e. The van der Waals surface area contributed by atoms with Crippen LogP contribution in [-0.4, -0.2) is 10.6 Å². The summed E-state index contributed by atoms with van der Waals surface area (Å²) in [5.74, 6) is 0.796. The van der Waals surface area contributed by atoms with Gasteiger partial charge in [0.05, 0.1) is 0 Å². The third kappa shape index (κ3) is 3.38. The van der Waals surface area contributed by atoms with Gasteiger partial charge in [0.2, 0.25) is 0 Å². The molecule has 0 spiro atoms. The Morgan fingerprint density at radius 1 is 1.25 bits per heavy atom. The molecular formula is C14H26N2. The van der Waals surface area contributed by atoms with Crippen LogP contribution >= 0.6 is 0 Å². The van der Waals surface area contributed by atoms with Crippen molar-refractivity contribution in [3.05, 3.63) is 24.0 Å². The van der Waals surface area contributed by atoms with Gasteiger partial charge in [0.1, 0.15) is 0 Å². The van der Waals surface area contributed by atoms with E-state index in [4.69, 9.17) is 0 Å². The topological polar surface area (TPSA) is 17.0 Å². The summed E-state index contributed by atoms with van der Waals surface area (Å²) in [7, 11) is 0. The predicted molar refractivity (Wildman–Crippen MR) is 70.5 cm³/mol. The minimum Gasteiger partial charge on any atom is -0.351 e. The molecule has 0 bridgehead atoms. The molecule has 0 aliphatic rings. The van der Waals surface area contributed by atoms with Gasteiger partial charge in [0, 0.05) is 31.0 Å². The molecule has 0 fully saturated rings. The van der Waals surface area contributed by atoms with Crippen LogP contribution in [0.25, 0.3) is 0 Å². The number of rotatable bonds is 7. The van der Waals surface area contributed by atoms with E-state index >= 15 is 0 Å². The van der Waals surface area contributed by atoms with Gasteiger partial charge in [-0.1, -0.05) is 26.7 Å². The Balaban J connectivity index is 2.45. The first-order chi connectivity index (χ1) is 7.72. The molecule has 0 aromatic carbocycles. The smallest absolute Gasteiger partial charge is 0.0361 e. The van der Waals surface area contributed by atoms with Crippen LogP contribution in [0, 0.1) is 5.92 Å². The molecule has 1 N–H and O–H groups in total. The Morgan fingerprint density at radius 3 is 2.50 bits per heavy atom. The number of nitrogens with zero attached hydrogens (tertiary/aromatic N) is 1. The quantitative estimate of drug-likeness (QED) is 0.748. The molecule has 0 aliphatic carbocycles. The van der Waals surface area contributed by atoms with Crippen molar-refractivity contribution in [1.29, 1.82) is 0 Å². The fourth-order valence-corrected chi connectivity index (χ4v) is 2.35. The Bertz CT molecular complexity index is 287. The highest BCUT2D eigenvalue weighted by atomic mass is 15.0. The van der Waals surface area contributed by atoms with Crippen LogP contribution in [0.15, 0.2) is 18.3 Å². The first-order valence-electron chi connectivity index (χ1n) is 6.60. The fourth-order valence-electron chi connectivity index (χ4n) is 2.35. The van der Waals surface area contributed by atoms with Crippen molar-refractivity contribution in [3.8, 4) is 0 Å². The monoisotopic (exact) mass is 222 g/mol. The third-order valence-corrected chi connectivity index (χ3v) is 3.63. The molecular weight excluding hydrogens is 196 g/mol. The Morgan fingerprint density at radius 2 is 1.94 bits per heavy atom. The normalized spacial score (nSPS) is 13.3. The summed E-state index contributed by atoms with van der Waals surface area (Å²) in [6, 6.07) is 4.94. The molecule has 1 rings (SSSR count). The van der Waals surface area contributed by atoms with Crippen molar-refractivity contribution < 1.29 is 0 Å². The lowest BCUT2D eigenvalue weighted by molar-refractivity contribution is 0.350. The molecule has 1 heterocycles. The molecule has 0 radical (unpaired) electrons. The molecule has 1 unspecified atom stereocenters. The Kier molecular flexibility index (Phi) is 5.61. The summed E-state index contributed by atoms with van der Waals surface area (Å²) in [5.41, 5.74) is 1.39. The largest absolute Gasteiger partial charge is 0.351 e. The van der Waals surface area contributed by atoms with E-state index in [1.54, 1.807) is 0 Å². The summed E-state index contributed by atoms with van der Waals surface area (Å²) < 4.78 is 2.30. The van der Waals surface area contributed by atoms with Crippen LogP contribution < -0.4 is 5.32 Å². The van der Waals surface area contributed by atoms with Gasteiger partial charge in [-0.3, -0.25) is 0 Å². The van der Waals surface area contributed by atoms with Gasteiger partial charge in [-0.25, -0.2) is 0 Å². The summed E-state index contributed by atoms with van der Waals surface area (Å²) >= 11 is 0. The molecule has 0 saturated carbocycles. The van der Waals surface area contributed by atoms with E-state index in [-0.39, 0.29) is 0 Å². The minimum atomic E-state index is 0.607. The first kappa shape index (κ1) is 13.3. The van der Waals surface area contributed by atoms with Gasteiger partial charge in [-0.2, -0.15) is 0 Å². The summed E-state index contributed by atoms with van der Waals surface area (Å²) in [5, 5.41) is 3.64. The van der Waals surface area contributed by atoms with Crippen molar-refractivity contribution in [1.82, 2.24) is 9.88 Å². The first-order valence-corrected chi connectivity index (χ1v) is 6.60. The molecule has 0 saturated heterocycles. The van der Waals surface area contributed by atoms with E-state index in [9.17, 15) is 0 Å². The predicted octanol–water partition coefficient (Wildman–Crippen LogP) is 3.42. The number of aromatic nitrogens is 1. The van der Waals surface area contributed by atoms with Gasteiger partial charge in [-0.15, -0.1) is 0 Å². The highest BCUT2D eigenvalue weighted by Gasteiger charge is 2.12. The zero-order valence-electron chi connectivity index (χ0n) is 11.2. The molecule has 92 valence electrons. The SMILES string of the molecule is CCC(CC)C(C)NCc1cccn1CC. The van der Waals surface area contributed by atoms with E-state index in [0.29, 0.717) is 6.04 Å². The lowest BCUT2D eigenvalue weighted by Crippen LogP contribution is -2.33. The van der Waals surface area contributed by atoms with Crippen LogP contribution in [0.1, 0.15) is 46.2 Å². The number of aryl methyl sites for hydroxylation is 1. The summed E-state index contributed by atoms with van der Waals surface area (Å²) in [6.45, 7) is 11.1. The molecule has 2 heteroatoms. The molecule has 2 nitrogen and oxygen atoms in total. The molecule has 1 atom stereocenters. The second-order valence-electron chi connectivity index (χ2n) is 4.53. The van der Waals surface area contributed by atoms with Gasteiger partial charge < -0.3 is 9.88 Å². The Hall–Kier alpha value is -0.760. The van der Waals surface area contributed by atoms with E-state index in [1.165, 1.54) is 18.5 Å². The van der Waals surface area contributed by atoms with Gasteiger partial charge in [0.25, 0.3) is 0 Å². The van der Waals surface area contributed by atoms with E-state index in [0.717, 1.165) is 19.0 Å². The average Bonchev–Trinajstić information content (AvgIpc) is 2.75. The standard InChI is InChI=1S/C14H26N2/c1-5-13(6-2)12(4)15-11-14-9-8-10-16(14)7-3/h8-10,12-13,15H,5-7,11H2,1-4H3. The third-order valence-electron chi connectivity index (χ3n) is 3.63. The number of hydrogen-bond donors (Lipinski definition) is 1. The maximum atomic E-state index is 3.64. The highest BCUT2D eigenvalue weighted by Crippen LogP contribution is 2.13. The lowest BCUT2D eigenvalue weighted by atomic mass is 9.95. The molecule has 0 aliphatic heterocycles. The molecule has 16 heavy (non-hydrogen) atoms. The van der Waals surface area contributed by atoms with Crippen molar-refractivity contribution in [2.45, 2.75) is 59.7 Å². The van der Waals surface area contributed by atoms with Gasteiger partial charge in [-0.05, 0) is 31.9 Å². The zero-order chi connectivity index (χ0) is 12.0. The van der Waals surface area contributed by atoms with Gasteiger partial charge >= 0.3 is 0 Å². The zero-order valence-corrected chi connectivity index (χ0v) is 11.2. The number of hydrogen-bond acceptors (Lipinski definition) is 1. The number of nitrogens with one attached hydrogen (secondary N) is 1. The lowest BCUT2D eigenvalue weighted by Gasteiger charge is -2.22. The van der Waals surface area contributed by atoms with Crippen LogP contribution in [0.2, 0.25) is 0 Å². The fraction of sp³-hybridized carbons (Fsp3) is 0.714. The second kappa shape index (κ2) is 6.74. The summed E-state index contributed by atoms with van der Waals surface area (Å²) in [6.07, 6.45) is 4.68. The van der Waals surface area contributed by atoms with Crippen LogP contribution in [-0.2, 0) is 13.1 Å². The Labute approximate surface area is 100 Å². The van der Waals surface area contributed by atoms with E-state index in [1.807, 2.05) is 0 Å². The van der Waals surface area contributed by atoms with Gasteiger partial charge in [0.15, 0.2) is 0 Å². The molecule has 1 aromatic heterocycles. The highest BCUT2D eigenvalue weighted by molar-refractivity contribution is 5.06. The average molecular weight is 222 g/mol. The van der Waals surface area contributed by atoms with Crippen molar-refractivity contribution in [2.75, 3.05) is 0 Å². The van der Waals surface area contributed by atoms with E-state index in [2.05, 4.69) is 55.9 Å². The summed E-state index contributed by atoms with van der Waals surface area (Å²) in [4.78, 5) is 0. The van der Waals surface area contributed by atoms with Crippen LogP contribution in [0.4, 0.5) is 0 Å². The van der Waals surface area contributed by atoms with Crippen LogP contribution in [0.5, 0.6) is 0 Å². The van der Waals surface area contributed by atoms with Crippen molar-refractivity contribution in [2.24, 2.45) is 5.92 Å². The van der Waals surface area contributed by atoms with E-state index < -0.39 is 0 Å². The molecule has 0 amide bonds. The van der Waals surface area contributed by atoms with Crippen molar-refractivity contribution >= 4 is 0 Å². The second-order valence-corrected chi connectivity index (χ2v) is 4.53. The van der Waals surface area contributed by atoms with Crippen LogP contribution in [0.3, 0.4) is 0 Å².